The number of phenolic OH excluding ortho intramolecular Hbond substituents is 1. The Morgan fingerprint density at radius 2 is 2.17 bits per heavy atom. The van der Waals surface area contributed by atoms with Crippen molar-refractivity contribution in [3.8, 4) is 11.5 Å². The molecular formula is C17H13FN2O3S. The number of thiazole rings is 1. The molecule has 1 aromatic heterocycles. The van der Waals surface area contributed by atoms with Crippen LogP contribution in [0, 0.1) is 5.82 Å². The van der Waals surface area contributed by atoms with Gasteiger partial charge in [-0.2, -0.15) is 0 Å². The lowest BCUT2D eigenvalue weighted by atomic mass is 10.1. The lowest BCUT2D eigenvalue weighted by molar-refractivity contribution is 0.102. The molecular weight excluding hydrogens is 331 g/mol. The fourth-order valence-corrected chi connectivity index (χ4v) is 2.55. The highest BCUT2D eigenvalue weighted by Crippen LogP contribution is 2.25. The summed E-state index contributed by atoms with van der Waals surface area (Å²) >= 11 is 1.27. The minimum Gasteiger partial charge on any atom is -0.507 e. The van der Waals surface area contributed by atoms with Crippen LogP contribution in [0.2, 0.25) is 0 Å². The van der Waals surface area contributed by atoms with Crippen molar-refractivity contribution in [1.29, 1.82) is 0 Å². The van der Waals surface area contributed by atoms with Crippen LogP contribution in [0.4, 0.5) is 9.52 Å². The van der Waals surface area contributed by atoms with Gasteiger partial charge in [0.05, 0.1) is 5.56 Å². The van der Waals surface area contributed by atoms with Crippen molar-refractivity contribution in [3.63, 3.8) is 0 Å². The molecule has 0 bridgehead atoms. The minimum atomic E-state index is -0.487. The highest BCUT2D eigenvalue weighted by molar-refractivity contribution is 7.13. The SMILES string of the molecule is O=C(Nc1nccs1)c1cc(OCc2cccc(F)c2)ccc1O. The fraction of sp³-hybridized carbons (Fsp3) is 0.0588. The molecule has 24 heavy (non-hydrogen) atoms. The second-order valence-corrected chi connectivity index (χ2v) is 5.78. The van der Waals surface area contributed by atoms with Gasteiger partial charge in [0.25, 0.3) is 5.91 Å². The van der Waals surface area contributed by atoms with Gasteiger partial charge in [0.15, 0.2) is 5.13 Å². The van der Waals surface area contributed by atoms with E-state index in [1.807, 2.05) is 0 Å². The Morgan fingerprint density at radius 1 is 1.29 bits per heavy atom. The number of ether oxygens (including phenoxy) is 1. The second kappa shape index (κ2) is 7.10. The van der Waals surface area contributed by atoms with Gasteiger partial charge in [0, 0.05) is 11.6 Å². The fourth-order valence-electron chi connectivity index (χ4n) is 2.03. The Kier molecular flexibility index (Phi) is 4.72. The number of nitrogens with zero attached hydrogens (tertiary/aromatic N) is 1. The van der Waals surface area contributed by atoms with Crippen molar-refractivity contribution in [2.75, 3.05) is 5.32 Å². The zero-order valence-corrected chi connectivity index (χ0v) is 13.2. The van der Waals surface area contributed by atoms with Crippen LogP contribution in [0.5, 0.6) is 11.5 Å². The zero-order valence-electron chi connectivity index (χ0n) is 12.4. The Labute approximate surface area is 141 Å². The number of carbonyl (C=O) groups excluding carboxylic acids is 1. The average Bonchev–Trinajstić information content (AvgIpc) is 3.07. The lowest BCUT2D eigenvalue weighted by Gasteiger charge is -2.09. The van der Waals surface area contributed by atoms with E-state index in [0.29, 0.717) is 16.4 Å². The van der Waals surface area contributed by atoms with Crippen LogP contribution in [0.15, 0.2) is 54.0 Å². The van der Waals surface area contributed by atoms with E-state index in [4.69, 9.17) is 4.74 Å². The maximum absolute atomic E-state index is 13.1. The molecule has 0 saturated carbocycles. The molecule has 0 saturated heterocycles. The summed E-state index contributed by atoms with van der Waals surface area (Å²) in [6, 6.07) is 10.4. The van der Waals surface area contributed by atoms with E-state index >= 15 is 0 Å². The molecule has 2 aromatic carbocycles. The number of rotatable bonds is 5. The molecule has 0 spiro atoms. The molecule has 7 heteroatoms. The minimum absolute atomic E-state index is 0.0712. The smallest absolute Gasteiger partial charge is 0.261 e. The van der Waals surface area contributed by atoms with Crippen molar-refractivity contribution < 1.29 is 19.0 Å². The average molecular weight is 344 g/mol. The van der Waals surface area contributed by atoms with E-state index in [0.717, 1.165) is 0 Å². The molecule has 3 rings (SSSR count). The molecule has 3 aromatic rings. The number of halogens is 1. The summed E-state index contributed by atoms with van der Waals surface area (Å²) in [4.78, 5) is 16.2. The van der Waals surface area contributed by atoms with Gasteiger partial charge in [-0.1, -0.05) is 12.1 Å². The summed E-state index contributed by atoms with van der Waals surface area (Å²) in [5.74, 6) is -0.604. The summed E-state index contributed by atoms with van der Waals surface area (Å²) in [6.45, 7) is 0.149. The quantitative estimate of drug-likeness (QED) is 0.738. The van der Waals surface area contributed by atoms with E-state index in [1.165, 1.54) is 41.7 Å². The monoisotopic (exact) mass is 344 g/mol. The standard InChI is InChI=1S/C17H13FN2O3S/c18-12-3-1-2-11(8-12)10-23-13-4-5-15(21)14(9-13)16(22)20-17-19-6-7-24-17/h1-9,21H,10H2,(H,19,20,22). The first-order valence-electron chi connectivity index (χ1n) is 7.03. The lowest BCUT2D eigenvalue weighted by Crippen LogP contribution is -2.12. The molecule has 0 aliphatic carbocycles. The predicted molar refractivity (Wildman–Crippen MR) is 88.9 cm³/mol. The summed E-state index contributed by atoms with van der Waals surface area (Å²) in [7, 11) is 0. The highest BCUT2D eigenvalue weighted by Gasteiger charge is 2.14. The first kappa shape index (κ1) is 15.9. The first-order chi connectivity index (χ1) is 11.6. The molecule has 5 nitrogen and oxygen atoms in total. The Morgan fingerprint density at radius 3 is 2.92 bits per heavy atom. The molecule has 2 N–H and O–H groups in total. The van der Waals surface area contributed by atoms with Crippen molar-refractivity contribution in [2.45, 2.75) is 6.61 Å². The van der Waals surface area contributed by atoms with Crippen LogP contribution < -0.4 is 10.1 Å². The van der Waals surface area contributed by atoms with E-state index < -0.39 is 5.91 Å². The van der Waals surface area contributed by atoms with Gasteiger partial charge in [0.1, 0.15) is 23.9 Å². The van der Waals surface area contributed by atoms with Crippen molar-refractivity contribution in [1.82, 2.24) is 4.98 Å². The van der Waals surface area contributed by atoms with Crippen molar-refractivity contribution in [2.24, 2.45) is 0 Å². The number of nitrogens with one attached hydrogen (secondary N) is 1. The molecule has 0 aliphatic rings. The number of phenols is 1. The molecule has 122 valence electrons. The Bertz CT molecular complexity index is 853. The van der Waals surface area contributed by atoms with Crippen LogP contribution in [0.1, 0.15) is 15.9 Å². The zero-order chi connectivity index (χ0) is 16.9. The number of benzene rings is 2. The molecule has 1 heterocycles. The van der Waals surface area contributed by atoms with Crippen molar-refractivity contribution >= 4 is 22.4 Å². The molecule has 0 fully saturated rings. The largest absolute Gasteiger partial charge is 0.507 e. The van der Waals surface area contributed by atoms with Gasteiger partial charge in [-0.15, -0.1) is 11.3 Å². The molecule has 0 radical (unpaired) electrons. The molecule has 0 aliphatic heterocycles. The number of amides is 1. The van der Waals surface area contributed by atoms with E-state index in [2.05, 4.69) is 10.3 Å². The number of hydrogen-bond donors (Lipinski definition) is 2. The summed E-state index contributed by atoms with van der Waals surface area (Å²) in [6.07, 6.45) is 1.57. The summed E-state index contributed by atoms with van der Waals surface area (Å²) in [5, 5.41) is 14.6. The highest BCUT2D eigenvalue weighted by atomic mass is 32.1. The number of aromatic nitrogens is 1. The van der Waals surface area contributed by atoms with Gasteiger partial charge >= 0.3 is 0 Å². The number of hydrogen-bond acceptors (Lipinski definition) is 5. The third-order valence-electron chi connectivity index (χ3n) is 3.16. The summed E-state index contributed by atoms with van der Waals surface area (Å²) in [5.41, 5.74) is 0.735. The Balaban J connectivity index is 1.72. The summed E-state index contributed by atoms with van der Waals surface area (Å²) < 4.78 is 18.7. The number of carbonyl (C=O) groups is 1. The van der Waals surface area contributed by atoms with Crippen molar-refractivity contribution in [3.05, 3.63) is 71.0 Å². The van der Waals surface area contributed by atoms with Crippen LogP contribution in [0.25, 0.3) is 0 Å². The molecule has 1 amide bonds. The van der Waals surface area contributed by atoms with E-state index in [9.17, 15) is 14.3 Å². The third kappa shape index (κ3) is 3.88. The van der Waals surface area contributed by atoms with Crippen LogP contribution >= 0.6 is 11.3 Å². The van der Waals surface area contributed by atoms with Gasteiger partial charge < -0.3 is 9.84 Å². The molecule has 0 unspecified atom stereocenters. The maximum Gasteiger partial charge on any atom is 0.261 e. The normalized spacial score (nSPS) is 10.4. The number of aromatic hydroxyl groups is 1. The second-order valence-electron chi connectivity index (χ2n) is 4.89. The predicted octanol–water partition coefficient (Wildman–Crippen LogP) is 3.82. The van der Waals surface area contributed by atoms with E-state index in [1.54, 1.807) is 23.7 Å². The maximum atomic E-state index is 13.1. The first-order valence-corrected chi connectivity index (χ1v) is 7.91. The van der Waals surface area contributed by atoms with Gasteiger partial charge in [-0.05, 0) is 35.9 Å². The Hall–Kier alpha value is -2.93. The van der Waals surface area contributed by atoms with Crippen LogP contribution in [-0.2, 0) is 6.61 Å². The topological polar surface area (TPSA) is 71.5 Å². The van der Waals surface area contributed by atoms with E-state index in [-0.39, 0.29) is 23.7 Å². The van der Waals surface area contributed by atoms with Gasteiger partial charge in [-0.3, -0.25) is 10.1 Å². The number of anilines is 1. The van der Waals surface area contributed by atoms with Crippen LogP contribution in [-0.4, -0.2) is 16.0 Å². The van der Waals surface area contributed by atoms with Gasteiger partial charge in [-0.25, -0.2) is 9.37 Å². The van der Waals surface area contributed by atoms with Gasteiger partial charge in [0.2, 0.25) is 0 Å². The van der Waals surface area contributed by atoms with Crippen LogP contribution in [0.3, 0.4) is 0 Å². The third-order valence-corrected chi connectivity index (χ3v) is 3.85. The molecule has 0 atom stereocenters.